The number of carbonyl (C=O) groups excluding carboxylic acids is 1. The average molecular weight is 188 g/mol. The van der Waals surface area contributed by atoms with Gasteiger partial charge in [-0.1, -0.05) is 19.4 Å². The first-order valence-electron chi connectivity index (χ1n) is 4.10. The lowest BCUT2D eigenvalue weighted by Crippen LogP contribution is -2.23. The van der Waals surface area contributed by atoms with Crippen molar-refractivity contribution in [1.29, 1.82) is 0 Å². The molecule has 0 radical (unpaired) electrons. The van der Waals surface area contributed by atoms with Crippen LogP contribution >= 0.6 is 0 Å². The Bertz CT molecular complexity index is 156. The van der Waals surface area contributed by atoms with E-state index in [0.29, 0.717) is 0 Å². The number of hydrogen-bond acceptors (Lipinski definition) is 3. The Balaban J connectivity index is 3.76. The van der Waals surface area contributed by atoms with Gasteiger partial charge in [0.15, 0.2) is 0 Å². The molecule has 0 N–H and O–H groups in total. The molecule has 0 fully saturated rings. The van der Waals surface area contributed by atoms with Crippen LogP contribution in [0.5, 0.6) is 0 Å². The quantitative estimate of drug-likeness (QED) is 0.483. The molecule has 0 aliphatic heterocycles. The van der Waals surface area contributed by atoms with Gasteiger partial charge in [0.25, 0.3) is 0 Å². The van der Waals surface area contributed by atoms with Crippen LogP contribution in [0.1, 0.15) is 20.3 Å². The van der Waals surface area contributed by atoms with E-state index in [1.807, 2.05) is 6.92 Å². The van der Waals surface area contributed by atoms with E-state index in [1.54, 1.807) is 20.1 Å². The first-order valence-corrected chi connectivity index (χ1v) is 5.86. The van der Waals surface area contributed by atoms with Crippen molar-refractivity contribution in [2.24, 2.45) is 0 Å². The fourth-order valence-electron chi connectivity index (χ4n) is 0.766. The smallest absolute Gasteiger partial charge is 0.385 e. The molecule has 1 unspecified atom stereocenters. The van der Waals surface area contributed by atoms with E-state index in [2.05, 4.69) is 0 Å². The Morgan fingerprint density at radius 1 is 1.58 bits per heavy atom. The lowest BCUT2D eigenvalue weighted by Gasteiger charge is -2.11. The van der Waals surface area contributed by atoms with Gasteiger partial charge in [-0.25, -0.2) is 4.79 Å². The molecule has 0 aliphatic rings. The van der Waals surface area contributed by atoms with Crippen LogP contribution in [0.15, 0.2) is 12.2 Å². The van der Waals surface area contributed by atoms with Gasteiger partial charge in [-0.3, -0.25) is 0 Å². The van der Waals surface area contributed by atoms with E-state index < -0.39 is 9.28 Å². The monoisotopic (exact) mass is 188 g/mol. The first-order chi connectivity index (χ1) is 5.74. The highest BCUT2D eigenvalue weighted by molar-refractivity contribution is 6.46. The highest BCUT2D eigenvalue weighted by Crippen LogP contribution is 2.00. The number of allylic oxidation sites excluding steroid dienone is 1. The second-order valence-corrected chi connectivity index (χ2v) is 4.53. The topological polar surface area (TPSA) is 35.5 Å². The third kappa shape index (κ3) is 5.09. The van der Waals surface area contributed by atoms with Crippen LogP contribution < -0.4 is 0 Å². The normalized spacial score (nSPS) is 13.2. The van der Waals surface area contributed by atoms with Gasteiger partial charge < -0.3 is 8.85 Å². The molecule has 0 spiro atoms. The molecule has 0 aliphatic carbocycles. The third-order valence-electron chi connectivity index (χ3n) is 1.34. The summed E-state index contributed by atoms with van der Waals surface area (Å²) in [5.41, 5.74) is 0. The average Bonchev–Trinajstić information content (AvgIpc) is 2.04. The van der Waals surface area contributed by atoms with E-state index in [4.69, 9.17) is 8.85 Å². The maximum Gasteiger partial charge on any atom is 0.385 e. The first kappa shape index (κ1) is 11.4. The molecule has 3 nitrogen and oxygen atoms in total. The summed E-state index contributed by atoms with van der Waals surface area (Å²) in [7, 11) is -0.110. The molecular weight excluding hydrogens is 172 g/mol. The number of hydrogen-bond donors (Lipinski definition) is 0. The molecule has 0 heterocycles. The summed E-state index contributed by atoms with van der Waals surface area (Å²) >= 11 is 0. The van der Waals surface area contributed by atoms with E-state index in [-0.39, 0.29) is 5.97 Å². The molecule has 4 heteroatoms. The maximum absolute atomic E-state index is 10.9. The van der Waals surface area contributed by atoms with Gasteiger partial charge in [-0.05, 0) is 13.0 Å². The Morgan fingerprint density at radius 2 is 2.25 bits per heavy atom. The van der Waals surface area contributed by atoms with Crippen molar-refractivity contribution in [3.8, 4) is 0 Å². The predicted molar refractivity (Wildman–Crippen MR) is 50.2 cm³/mol. The van der Waals surface area contributed by atoms with Gasteiger partial charge in [-0.2, -0.15) is 0 Å². The molecule has 70 valence electrons. The zero-order chi connectivity index (χ0) is 9.40. The van der Waals surface area contributed by atoms with E-state index >= 15 is 0 Å². The molecule has 0 bridgehead atoms. The number of rotatable bonds is 5. The Kier molecular flexibility index (Phi) is 6.70. The molecule has 12 heavy (non-hydrogen) atoms. The highest BCUT2D eigenvalue weighted by atomic mass is 28.3. The fourth-order valence-corrected chi connectivity index (χ4v) is 2.02. The summed E-state index contributed by atoms with van der Waals surface area (Å²) in [6, 6.07) is 0.875. The van der Waals surface area contributed by atoms with Gasteiger partial charge in [-0.15, -0.1) is 0 Å². The molecule has 0 saturated heterocycles. The van der Waals surface area contributed by atoms with Crippen LogP contribution in [-0.4, -0.2) is 22.4 Å². The van der Waals surface area contributed by atoms with Crippen molar-refractivity contribution in [2.45, 2.75) is 26.3 Å². The van der Waals surface area contributed by atoms with Crippen molar-refractivity contribution in [2.75, 3.05) is 7.11 Å². The Labute approximate surface area is 75.2 Å². The van der Waals surface area contributed by atoms with E-state index in [9.17, 15) is 4.79 Å². The second kappa shape index (κ2) is 7.06. The minimum atomic E-state index is -1.70. The van der Waals surface area contributed by atoms with Crippen LogP contribution in [0.4, 0.5) is 0 Å². The zero-order valence-corrected chi connectivity index (χ0v) is 9.03. The summed E-state index contributed by atoms with van der Waals surface area (Å²) in [6.45, 7) is 3.83. The molecule has 0 amide bonds. The standard InChI is InChI=1S/C8H16O3Si/c1-4-6-8(9)11-12(10-3)7-5-2/h4,6,12H,5,7H2,1-3H3. The number of carbonyl (C=O) groups is 1. The van der Waals surface area contributed by atoms with Crippen molar-refractivity contribution in [1.82, 2.24) is 0 Å². The van der Waals surface area contributed by atoms with Crippen molar-refractivity contribution >= 4 is 15.3 Å². The van der Waals surface area contributed by atoms with Crippen molar-refractivity contribution < 1.29 is 13.6 Å². The van der Waals surface area contributed by atoms with Gasteiger partial charge in [0.2, 0.25) is 0 Å². The van der Waals surface area contributed by atoms with Crippen molar-refractivity contribution in [3.63, 3.8) is 0 Å². The van der Waals surface area contributed by atoms with Gasteiger partial charge in [0.05, 0.1) is 0 Å². The predicted octanol–water partition coefficient (Wildman–Crippen LogP) is 1.38. The Hall–Kier alpha value is -0.613. The molecule has 0 aromatic heterocycles. The van der Waals surface area contributed by atoms with Crippen LogP contribution in [0.25, 0.3) is 0 Å². The molecule has 0 aromatic rings. The largest absolute Gasteiger partial charge is 0.493 e. The van der Waals surface area contributed by atoms with Gasteiger partial charge >= 0.3 is 15.3 Å². The summed E-state index contributed by atoms with van der Waals surface area (Å²) in [4.78, 5) is 10.9. The van der Waals surface area contributed by atoms with Crippen LogP contribution in [0, 0.1) is 0 Å². The molecule has 1 atom stereocenters. The molecule has 0 rings (SSSR count). The molecular formula is C8H16O3Si. The minimum absolute atomic E-state index is 0.288. The zero-order valence-electron chi connectivity index (χ0n) is 7.87. The van der Waals surface area contributed by atoms with E-state index in [0.717, 1.165) is 12.5 Å². The summed E-state index contributed by atoms with van der Waals surface area (Å²) in [5.74, 6) is -0.288. The third-order valence-corrected chi connectivity index (χ3v) is 3.41. The highest BCUT2D eigenvalue weighted by Gasteiger charge is 2.13. The summed E-state index contributed by atoms with van der Waals surface area (Å²) < 4.78 is 10.1. The van der Waals surface area contributed by atoms with Gasteiger partial charge in [0.1, 0.15) is 0 Å². The summed E-state index contributed by atoms with van der Waals surface area (Å²) in [6.07, 6.45) is 4.07. The van der Waals surface area contributed by atoms with E-state index in [1.165, 1.54) is 6.08 Å². The minimum Gasteiger partial charge on any atom is -0.493 e. The van der Waals surface area contributed by atoms with Crippen molar-refractivity contribution in [3.05, 3.63) is 12.2 Å². The molecule has 0 aromatic carbocycles. The maximum atomic E-state index is 10.9. The van der Waals surface area contributed by atoms with Crippen LogP contribution in [-0.2, 0) is 13.6 Å². The molecule has 0 saturated carbocycles. The van der Waals surface area contributed by atoms with Gasteiger partial charge in [0, 0.05) is 13.2 Å². The second-order valence-electron chi connectivity index (χ2n) is 2.39. The lowest BCUT2D eigenvalue weighted by molar-refractivity contribution is -0.130. The fraction of sp³-hybridized carbons (Fsp3) is 0.625. The van der Waals surface area contributed by atoms with Crippen LogP contribution in [0.3, 0.4) is 0 Å². The van der Waals surface area contributed by atoms with Crippen LogP contribution in [0.2, 0.25) is 6.04 Å². The lowest BCUT2D eigenvalue weighted by atomic mass is 10.5. The SMILES string of the molecule is CC=CC(=O)O[SiH](CCC)OC. The Morgan fingerprint density at radius 3 is 2.67 bits per heavy atom. The summed E-state index contributed by atoms with van der Waals surface area (Å²) in [5, 5.41) is 0.